The van der Waals surface area contributed by atoms with Gasteiger partial charge in [-0.3, -0.25) is 4.79 Å². The number of carbonyl (C=O) groups is 1. The maximum atomic E-state index is 12.0. The molecule has 3 heteroatoms. The highest BCUT2D eigenvalue weighted by molar-refractivity contribution is 6.01. The fourth-order valence-electron chi connectivity index (χ4n) is 8.58. The zero-order chi connectivity index (χ0) is 21.3. The lowest BCUT2D eigenvalue weighted by molar-refractivity contribution is -0.312. The molecule has 30 heavy (non-hydrogen) atoms. The van der Waals surface area contributed by atoms with Crippen molar-refractivity contribution in [2.45, 2.75) is 84.8 Å². The summed E-state index contributed by atoms with van der Waals surface area (Å²) in [5.41, 5.74) is 1.70. The minimum absolute atomic E-state index is 0.0651. The van der Waals surface area contributed by atoms with Gasteiger partial charge in [0.05, 0.1) is 6.61 Å². The first-order valence-corrected chi connectivity index (χ1v) is 12.5. The summed E-state index contributed by atoms with van der Waals surface area (Å²) in [5.74, 6) is 2.71. The van der Waals surface area contributed by atoms with E-state index in [9.17, 15) is 9.90 Å². The number of carbonyl (C=O) groups excluding carboxylic acids is 1. The Morgan fingerprint density at radius 2 is 1.93 bits per heavy atom. The summed E-state index contributed by atoms with van der Waals surface area (Å²) in [7, 11) is 0. The van der Waals surface area contributed by atoms with Gasteiger partial charge in [0.1, 0.15) is 0 Å². The van der Waals surface area contributed by atoms with Gasteiger partial charge in [0, 0.05) is 23.2 Å². The van der Waals surface area contributed by atoms with E-state index in [-0.39, 0.29) is 22.5 Å². The maximum Gasteiger partial charge on any atom is 0.178 e. The van der Waals surface area contributed by atoms with E-state index < -0.39 is 5.79 Å². The second-order valence-corrected chi connectivity index (χ2v) is 11.9. The van der Waals surface area contributed by atoms with Crippen molar-refractivity contribution in [2.75, 3.05) is 6.61 Å². The number of fused-ring (bicyclic) bond motifs is 4. The Balaban J connectivity index is 1.40. The fourth-order valence-corrected chi connectivity index (χ4v) is 8.58. The summed E-state index contributed by atoms with van der Waals surface area (Å²) in [6.45, 7) is 9.85. The number of hydrogen-bond acceptors (Lipinski definition) is 3. The number of allylic oxidation sites excluding steroid dienone is 4. The standard InChI is InChI=1S/C27H40O3/c1-17(2)9-14-27(29)18(3)22-7-8-24-21-6-5-19-15-20(28)10-12-25(19,4)23(21)11-13-26(22,24)16-30-27/h10,12,15,17-18,21-24,29H,5-9,11,13-14,16H2,1-4H3. The van der Waals surface area contributed by atoms with Crippen molar-refractivity contribution in [3.05, 3.63) is 23.8 Å². The van der Waals surface area contributed by atoms with Gasteiger partial charge < -0.3 is 9.84 Å². The van der Waals surface area contributed by atoms with Gasteiger partial charge in [0.15, 0.2) is 11.6 Å². The monoisotopic (exact) mass is 412 g/mol. The largest absolute Gasteiger partial charge is 0.365 e. The van der Waals surface area contributed by atoms with Crippen molar-refractivity contribution >= 4 is 5.78 Å². The van der Waals surface area contributed by atoms with E-state index in [1.165, 1.54) is 37.7 Å². The van der Waals surface area contributed by atoms with Gasteiger partial charge >= 0.3 is 0 Å². The maximum absolute atomic E-state index is 12.0. The normalized spacial score (nSPS) is 49.9. The topological polar surface area (TPSA) is 46.5 Å². The molecule has 1 saturated heterocycles. The van der Waals surface area contributed by atoms with Crippen LogP contribution in [0.3, 0.4) is 0 Å². The molecule has 166 valence electrons. The highest BCUT2D eigenvalue weighted by Gasteiger charge is 2.65. The zero-order valence-electron chi connectivity index (χ0n) is 19.3. The molecule has 0 aromatic rings. The SMILES string of the molecule is CC(C)CCC1(O)OCC23CCC4C(CCC5=CC(=O)C=CC54C)C2CCC3C1C. The molecule has 0 aromatic carbocycles. The number of rotatable bonds is 3. The van der Waals surface area contributed by atoms with Crippen LogP contribution < -0.4 is 0 Å². The van der Waals surface area contributed by atoms with Crippen LogP contribution in [0.15, 0.2) is 23.8 Å². The molecule has 8 unspecified atom stereocenters. The van der Waals surface area contributed by atoms with E-state index in [1.807, 2.05) is 12.2 Å². The van der Waals surface area contributed by atoms with E-state index in [0.717, 1.165) is 31.8 Å². The molecule has 5 aliphatic rings. The molecule has 5 rings (SSSR count). The van der Waals surface area contributed by atoms with E-state index in [4.69, 9.17) is 4.74 Å². The smallest absolute Gasteiger partial charge is 0.178 e. The first-order valence-electron chi connectivity index (χ1n) is 12.5. The predicted octanol–water partition coefficient (Wildman–Crippen LogP) is 5.68. The van der Waals surface area contributed by atoms with Crippen LogP contribution in [0.1, 0.15) is 79.1 Å². The minimum atomic E-state index is -0.938. The third-order valence-corrected chi connectivity index (χ3v) is 10.3. The third kappa shape index (κ3) is 2.87. The van der Waals surface area contributed by atoms with Crippen LogP contribution in [0.4, 0.5) is 0 Å². The van der Waals surface area contributed by atoms with Gasteiger partial charge in [-0.15, -0.1) is 0 Å². The summed E-state index contributed by atoms with van der Waals surface area (Å²) in [4.78, 5) is 12.0. The Morgan fingerprint density at radius 1 is 1.17 bits per heavy atom. The summed E-state index contributed by atoms with van der Waals surface area (Å²) in [6.07, 6.45) is 15.0. The molecular weight excluding hydrogens is 372 g/mol. The van der Waals surface area contributed by atoms with Crippen molar-refractivity contribution in [1.82, 2.24) is 0 Å². The van der Waals surface area contributed by atoms with Crippen molar-refractivity contribution in [1.29, 1.82) is 0 Å². The summed E-state index contributed by atoms with van der Waals surface area (Å²) >= 11 is 0. The zero-order valence-corrected chi connectivity index (χ0v) is 19.3. The highest BCUT2D eigenvalue weighted by Crippen LogP contribution is 2.69. The number of ether oxygens (including phenoxy) is 1. The average Bonchev–Trinajstić information content (AvgIpc) is 3.11. The molecule has 1 spiro atoms. The van der Waals surface area contributed by atoms with Crippen molar-refractivity contribution in [3.63, 3.8) is 0 Å². The molecule has 4 fully saturated rings. The summed E-state index contributed by atoms with van der Waals surface area (Å²) in [5, 5.41) is 11.4. The summed E-state index contributed by atoms with van der Waals surface area (Å²) < 4.78 is 6.41. The number of ketones is 1. The Kier molecular flexibility index (Phi) is 4.91. The van der Waals surface area contributed by atoms with Crippen LogP contribution in [-0.4, -0.2) is 23.3 Å². The van der Waals surface area contributed by atoms with Crippen LogP contribution >= 0.6 is 0 Å². The van der Waals surface area contributed by atoms with E-state index in [1.54, 1.807) is 0 Å². The Morgan fingerprint density at radius 3 is 2.70 bits per heavy atom. The molecule has 1 heterocycles. The Hall–Kier alpha value is -0.930. The lowest BCUT2D eigenvalue weighted by atomic mass is 9.46. The predicted molar refractivity (Wildman–Crippen MR) is 119 cm³/mol. The van der Waals surface area contributed by atoms with Crippen molar-refractivity contribution in [2.24, 2.45) is 46.3 Å². The molecule has 1 aliphatic heterocycles. The van der Waals surface area contributed by atoms with E-state index in [2.05, 4.69) is 33.8 Å². The first kappa shape index (κ1) is 20.9. The molecule has 8 atom stereocenters. The Bertz CT molecular complexity index is 781. The molecule has 0 aromatic heterocycles. The molecule has 0 radical (unpaired) electrons. The molecule has 3 nitrogen and oxygen atoms in total. The number of aliphatic hydroxyl groups is 1. The van der Waals surface area contributed by atoms with Gasteiger partial charge in [0.2, 0.25) is 0 Å². The Labute approximate surface area is 182 Å². The van der Waals surface area contributed by atoms with Gasteiger partial charge in [-0.2, -0.15) is 0 Å². The van der Waals surface area contributed by atoms with Crippen LogP contribution in [-0.2, 0) is 9.53 Å². The molecule has 0 bridgehead atoms. The molecular formula is C27H40O3. The van der Waals surface area contributed by atoms with Crippen LogP contribution in [0.2, 0.25) is 0 Å². The lowest BCUT2D eigenvalue weighted by Crippen LogP contribution is -2.59. The molecule has 3 saturated carbocycles. The molecule has 4 aliphatic carbocycles. The second-order valence-electron chi connectivity index (χ2n) is 11.9. The fraction of sp³-hybridized carbons (Fsp3) is 0.815. The van der Waals surface area contributed by atoms with E-state index >= 15 is 0 Å². The van der Waals surface area contributed by atoms with Crippen molar-refractivity contribution in [3.8, 4) is 0 Å². The van der Waals surface area contributed by atoms with Gasteiger partial charge in [-0.25, -0.2) is 0 Å². The lowest BCUT2D eigenvalue weighted by Gasteiger charge is -2.61. The molecule has 0 amide bonds. The minimum Gasteiger partial charge on any atom is -0.365 e. The first-order chi connectivity index (χ1) is 14.2. The average molecular weight is 413 g/mol. The van der Waals surface area contributed by atoms with Crippen LogP contribution in [0, 0.1) is 46.3 Å². The van der Waals surface area contributed by atoms with Gasteiger partial charge in [0.25, 0.3) is 0 Å². The van der Waals surface area contributed by atoms with Gasteiger partial charge in [-0.1, -0.05) is 39.3 Å². The summed E-state index contributed by atoms with van der Waals surface area (Å²) in [6, 6.07) is 0. The molecule has 1 N–H and O–H groups in total. The van der Waals surface area contributed by atoms with Crippen LogP contribution in [0.5, 0.6) is 0 Å². The van der Waals surface area contributed by atoms with Crippen molar-refractivity contribution < 1.29 is 14.6 Å². The van der Waals surface area contributed by atoms with Gasteiger partial charge in [-0.05, 0) is 86.7 Å². The quantitative estimate of drug-likeness (QED) is 0.648. The van der Waals surface area contributed by atoms with E-state index in [0.29, 0.717) is 23.7 Å². The second kappa shape index (κ2) is 7.04. The van der Waals surface area contributed by atoms with Crippen LogP contribution in [0.25, 0.3) is 0 Å². The third-order valence-electron chi connectivity index (χ3n) is 10.3. The highest BCUT2D eigenvalue weighted by atomic mass is 16.6. The number of hydrogen-bond donors (Lipinski definition) is 1.